The number of nitrogens with one attached hydrogen (secondary N) is 1. The SMILES string of the molecule is CCOC(=O)C1(NC2CCCCC2)CCC(C(C)C)CC1. The molecular weight excluding hydrogens is 262 g/mol. The van der Waals surface area contributed by atoms with Gasteiger partial charge in [-0.25, -0.2) is 0 Å². The monoisotopic (exact) mass is 295 g/mol. The second kappa shape index (κ2) is 7.62. The summed E-state index contributed by atoms with van der Waals surface area (Å²) in [5.41, 5.74) is -0.399. The summed E-state index contributed by atoms with van der Waals surface area (Å²) in [5, 5.41) is 3.74. The third-order valence-corrected chi connectivity index (χ3v) is 5.58. The lowest BCUT2D eigenvalue weighted by atomic mass is 9.72. The Bertz CT molecular complexity index is 326. The van der Waals surface area contributed by atoms with Crippen LogP contribution in [0.15, 0.2) is 0 Å². The Morgan fingerprint density at radius 3 is 2.29 bits per heavy atom. The number of hydrogen-bond donors (Lipinski definition) is 1. The Morgan fingerprint density at radius 2 is 1.76 bits per heavy atom. The predicted octanol–water partition coefficient (Wildman–Crippen LogP) is 4.06. The largest absolute Gasteiger partial charge is 0.465 e. The maximum Gasteiger partial charge on any atom is 0.326 e. The summed E-state index contributed by atoms with van der Waals surface area (Å²) in [7, 11) is 0. The highest BCUT2D eigenvalue weighted by Gasteiger charge is 2.44. The maximum atomic E-state index is 12.6. The van der Waals surface area contributed by atoms with Crippen LogP contribution in [0.25, 0.3) is 0 Å². The van der Waals surface area contributed by atoms with Crippen LogP contribution in [0, 0.1) is 11.8 Å². The van der Waals surface area contributed by atoms with E-state index >= 15 is 0 Å². The van der Waals surface area contributed by atoms with Gasteiger partial charge in [0.1, 0.15) is 5.54 Å². The molecule has 3 heteroatoms. The van der Waals surface area contributed by atoms with Crippen LogP contribution in [0.4, 0.5) is 0 Å². The number of carbonyl (C=O) groups excluding carboxylic acids is 1. The smallest absolute Gasteiger partial charge is 0.326 e. The van der Waals surface area contributed by atoms with Crippen molar-refractivity contribution in [3.05, 3.63) is 0 Å². The average molecular weight is 295 g/mol. The van der Waals surface area contributed by atoms with Crippen molar-refractivity contribution in [2.45, 2.75) is 90.1 Å². The van der Waals surface area contributed by atoms with E-state index in [0.717, 1.165) is 37.5 Å². The molecule has 0 bridgehead atoms. The molecule has 122 valence electrons. The second-order valence-corrected chi connectivity index (χ2v) is 7.36. The fourth-order valence-corrected chi connectivity index (χ4v) is 4.11. The van der Waals surface area contributed by atoms with Crippen LogP contribution in [0.1, 0.15) is 78.6 Å². The molecule has 0 amide bonds. The number of rotatable bonds is 5. The fourth-order valence-electron chi connectivity index (χ4n) is 4.11. The van der Waals surface area contributed by atoms with Gasteiger partial charge in [0.05, 0.1) is 6.61 Å². The Hall–Kier alpha value is -0.570. The van der Waals surface area contributed by atoms with Crippen LogP contribution in [-0.2, 0) is 9.53 Å². The van der Waals surface area contributed by atoms with Gasteiger partial charge in [-0.3, -0.25) is 10.1 Å². The molecule has 2 fully saturated rings. The Morgan fingerprint density at radius 1 is 1.14 bits per heavy atom. The van der Waals surface area contributed by atoms with E-state index in [4.69, 9.17) is 4.74 Å². The molecule has 1 N–H and O–H groups in total. The van der Waals surface area contributed by atoms with Crippen molar-refractivity contribution in [3.63, 3.8) is 0 Å². The molecule has 0 saturated heterocycles. The van der Waals surface area contributed by atoms with Crippen molar-refractivity contribution >= 4 is 5.97 Å². The first kappa shape index (κ1) is 16.8. The van der Waals surface area contributed by atoms with E-state index in [-0.39, 0.29) is 5.97 Å². The lowest BCUT2D eigenvalue weighted by Crippen LogP contribution is -2.58. The zero-order valence-corrected chi connectivity index (χ0v) is 14.1. The predicted molar refractivity (Wildman–Crippen MR) is 86.2 cm³/mol. The fraction of sp³-hybridized carbons (Fsp3) is 0.944. The quantitative estimate of drug-likeness (QED) is 0.777. The Labute approximate surface area is 130 Å². The third kappa shape index (κ3) is 4.21. The molecule has 2 aliphatic rings. The lowest BCUT2D eigenvalue weighted by molar-refractivity contribution is -0.154. The van der Waals surface area contributed by atoms with Crippen molar-refractivity contribution in [1.29, 1.82) is 0 Å². The van der Waals surface area contributed by atoms with Crippen molar-refractivity contribution in [1.82, 2.24) is 5.32 Å². The van der Waals surface area contributed by atoms with Crippen molar-refractivity contribution in [3.8, 4) is 0 Å². The van der Waals surface area contributed by atoms with E-state index in [1.165, 1.54) is 32.1 Å². The Balaban J connectivity index is 2.02. The zero-order valence-electron chi connectivity index (χ0n) is 14.1. The zero-order chi connectivity index (χ0) is 15.3. The molecule has 0 aromatic heterocycles. The number of hydrogen-bond acceptors (Lipinski definition) is 3. The van der Waals surface area contributed by atoms with Crippen molar-refractivity contribution in [2.24, 2.45) is 11.8 Å². The summed E-state index contributed by atoms with van der Waals surface area (Å²) in [4.78, 5) is 12.6. The summed E-state index contributed by atoms with van der Waals surface area (Å²) < 4.78 is 5.42. The summed E-state index contributed by atoms with van der Waals surface area (Å²) in [6.45, 7) is 7.00. The molecule has 2 aliphatic carbocycles. The summed E-state index contributed by atoms with van der Waals surface area (Å²) in [6.07, 6.45) is 10.6. The van der Waals surface area contributed by atoms with Crippen LogP contribution < -0.4 is 5.32 Å². The van der Waals surface area contributed by atoms with Crippen molar-refractivity contribution in [2.75, 3.05) is 6.61 Å². The third-order valence-electron chi connectivity index (χ3n) is 5.58. The highest BCUT2D eigenvalue weighted by atomic mass is 16.5. The molecule has 0 heterocycles. The van der Waals surface area contributed by atoms with Gasteiger partial charge in [0.2, 0.25) is 0 Å². The van der Waals surface area contributed by atoms with E-state index in [1.807, 2.05) is 6.92 Å². The first-order valence-corrected chi connectivity index (χ1v) is 9.02. The first-order chi connectivity index (χ1) is 10.1. The van der Waals surface area contributed by atoms with Crippen LogP contribution in [0.2, 0.25) is 0 Å². The Kier molecular flexibility index (Phi) is 6.09. The van der Waals surface area contributed by atoms with Gasteiger partial charge in [-0.15, -0.1) is 0 Å². The number of esters is 1. The first-order valence-electron chi connectivity index (χ1n) is 9.02. The molecule has 0 unspecified atom stereocenters. The minimum Gasteiger partial charge on any atom is -0.465 e. The average Bonchev–Trinajstić information content (AvgIpc) is 2.49. The topological polar surface area (TPSA) is 38.3 Å². The molecule has 0 aromatic rings. The number of carbonyl (C=O) groups is 1. The molecule has 0 aliphatic heterocycles. The number of ether oxygens (including phenoxy) is 1. The van der Waals surface area contributed by atoms with Gasteiger partial charge < -0.3 is 4.74 Å². The molecule has 21 heavy (non-hydrogen) atoms. The van der Waals surface area contributed by atoms with Gasteiger partial charge in [-0.2, -0.15) is 0 Å². The van der Waals surface area contributed by atoms with Gasteiger partial charge in [0, 0.05) is 6.04 Å². The van der Waals surface area contributed by atoms with Gasteiger partial charge in [0.15, 0.2) is 0 Å². The van der Waals surface area contributed by atoms with Crippen LogP contribution in [0.5, 0.6) is 0 Å². The van der Waals surface area contributed by atoms with E-state index in [9.17, 15) is 4.79 Å². The molecule has 0 spiro atoms. The highest BCUT2D eigenvalue weighted by Crippen LogP contribution is 2.37. The van der Waals surface area contributed by atoms with Gasteiger partial charge in [-0.05, 0) is 57.3 Å². The van der Waals surface area contributed by atoms with E-state index < -0.39 is 5.54 Å². The second-order valence-electron chi connectivity index (χ2n) is 7.36. The molecule has 2 saturated carbocycles. The summed E-state index contributed by atoms with van der Waals surface area (Å²) >= 11 is 0. The molecular formula is C18H33NO2. The molecule has 0 atom stereocenters. The normalized spacial score (nSPS) is 31.3. The summed E-state index contributed by atoms with van der Waals surface area (Å²) in [5.74, 6) is 1.48. The van der Waals surface area contributed by atoms with E-state index in [0.29, 0.717) is 12.6 Å². The van der Waals surface area contributed by atoms with Crippen LogP contribution >= 0.6 is 0 Å². The highest BCUT2D eigenvalue weighted by molar-refractivity contribution is 5.81. The van der Waals surface area contributed by atoms with Crippen molar-refractivity contribution < 1.29 is 9.53 Å². The molecule has 0 aromatic carbocycles. The van der Waals surface area contributed by atoms with Gasteiger partial charge >= 0.3 is 5.97 Å². The van der Waals surface area contributed by atoms with E-state index in [1.54, 1.807) is 0 Å². The molecule has 2 rings (SSSR count). The maximum absolute atomic E-state index is 12.6. The molecule has 3 nitrogen and oxygen atoms in total. The molecule has 0 radical (unpaired) electrons. The minimum absolute atomic E-state index is 0.00206. The van der Waals surface area contributed by atoms with E-state index in [2.05, 4.69) is 19.2 Å². The van der Waals surface area contributed by atoms with Crippen LogP contribution in [-0.4, -0.2) is 24.2 Å². The standard InChI is InChI=1S/C18H33NO2/c1-4-21-17(20)18(19-16-8-6-5-7-9-16)12-10-15(11-13-18)14(2)3/h14-16,19H,4-13H2,1-3H3. The minimum atomic E-state index is -0.399. The van der Waals surface area contributed by atoms with Gasteiger partial charge in [-0.1, -0.05) is 33.1 Å². The summed E-state index contributed by atoms with van der Waals surface area (Å²) in [6, 6.07) is 0.513. The van der Waals surface area contributed by atoms with Crippen LogP contribution in [0.3, 0.4) is 0 Å². The lowest BCUT2D eigenvalue weighted by Gasteiger charge is -2.42. The van der Waals surface area contributed by atoms with Gasteiger partial charge in [0.25, 0.3) is 0 Å².